The van der Waals surface area contributed by atoms with Crippen LogP contribution in [0.1, 0.15) is 22.8 Å². The lowest BCUT2D eigenvalue weighted by atomic mass is 9.91. The molecule has 0 aromatic heterocycles. The van der Waals surface area contributed by atoms with Gasteiger partial charge in [-0.3, -0.25) is 14.5 Å². The third kappa shape index (κ3) is 3.08. The summed E-state index contributed by atoms with van der Waals surface area (Å²) in [7, 11) is 2.91. The van der Waals surface area contributed by atoms with Gasteiger partial charge in [-0.1, -0.05) is 6.07 Å². The van der Waals surface area contributed by atoms with E-state index in [4.69, 9.17) is 18.9 Å². The Bertz CT molecular complexity index is 1050. The quantitative estimate of drug-likeness (QED) is 0.572. The molecule has 0 radical (unpaired) electrons. The number of hydrogen-bond donors (Lipinski definition) is 1. The van der Waals surface area contributed by atoms with Crippen LogP contribution in [0, 0.1) is 0 Å². The van der Waals surface area contributed by atoms with Crippen LogP contribution in [-0.2, 0) is 10.3 Å². The molecule has 0 aliphatic carbocycles. The third-order valence-corrected chi connectivity index (χ3v) is 5.23. The van der Waals surface area contributed by atoms with Crippen molar-refractivity contribution < 1.29 is 33.3 Å². The molecule has 1 N–H and O–H groups in total. The number of carbonyl (C=O) groups is 3. The Morgan fingerprint density at radius 1 is 1.10 bits per heavy atom. The number of ether oxygens (including phenoxy) is 4. The molecule has 9 heteroatoms. The number of nitrogens with zero attached hydrogens (tertiary/aromatic N) is 1. The highest BCUT2D eigenvalue weighted by molar-refractivity contribution is 6.11. The first-order valence-electron chi connectivity index (χ1n) is 9.17. The zero-order valence-electron chi connectivity index (χ0n) is 16.7. The highest BCUT2D eigenvalue weighted by Gasteiger charge is 2.50. The Kier molecular flexibility index (Phi) is 4.73. The van der Waals surface area contributed by atoms with E-state index in [1.54, 1.807) is 37.3 Å². The van der Waals surface area contributed by atoms with E-state index in [1.807, 2.05) is 0 Å². The number of imide groups is 1. The van der Waals surface area contributed by atoms with Gasteiger partial charge in [0, 0.05) is 0 Å². The summed E-state index contributed by atoms with van der Waals surface area (Å²) >= 11 is 0. The van der Waals surface area contributed by atoms with Crippen LogP contribution >= 0.6 is 0 Å². The van der Waals surface area contributed by atoms with Gasteiger partial charge in [0.15, 0.2) is 17.3 Å². The SMILES string of the molecule is COc1ccc(OC)c(C(=O)CN2C(=O)N[C@@](C)(c3ccc4c(c3)OCO4)C2=O)c1. The van der Waals surface area contributed by atoms with E-state index >= 15 is 0 Å². The molecule has 0 unspecified atom stereocenters. The van der Waals surface area contributed by atoms with E-state index < -0.39 is 29.8 Å². The van der Waals surface area contributed by atoms with Gasteiger partial charge in [-0.05, 0) is 42.8 Å². The molecule has 3 amide bonds. The average Bonchev–Trinajstić information content (AvgIpc) is 3.31. The molecule has 2 aliphatic rings. The maximum atomic E-state index is 13.1. The summed E-state index contributed by atoms with van der Waals surface area (Å²) in [5.41, 5.74) is -0.593. The van der Waals surface area contributed by atoms with Gasteiger partial charge in [-0.2, -0.15) is 0 Å². The fourth-order valence-corrected chi connectivity index (χ4v) is 3.50. The van der Waals surface area contributed by atoms with Gasteiger partial charge >= 0.3 is 6.03 Å². The normalized spacial score (nSPS) is 19.6. The van der Waals surface area contributed by atoms with Crippen LogP contribution in [0.25, 0.3) is 0 Å². The van der Waals surface area contributed by atoms with Gasteiger partial charge < -0.3 is 24.3 Å². The zero-order chi connectivity index (χ0) is 21.5. The number of rotatable bonds is 6. The summed E-state index contributed by atoms with van der Waals surface area (Å²) in [6, 6.07) is 9.11. The Morgan fingerprint density at radius 3 is 2.60 bits per heavy atom. The Hall–Kier alpha value is -3.75. The van der Waals surface area contributed by atoms with Crippen LogP contribution in [0.2, 0.25) is 0 Å². The topological polar surface area (TPSA) is 103 Å². The minimum Gasteiger partial charge on any atom is -0.497 e. The van der Waals surface area contributed by atoms with E-state index in [2.05, 4.69) is 5.32 Å². The van der Waals surface area contributed by atoms with Crippen molar-refractivity contribution in [2.75, 3.05) is 27.6 Å². The lowest BCUT2D eigenvalue weighted by Crippen LogP contribution is -2.41. The van der Waals surface area contributed by atoms with Crippen molar-refractivity contribution in [1.29, 1.82) is 0 Å². The summed E-state index contributed by atoms with van der Waals surface area (Å²) in [5.74, 6) is 0.849. The molecule has 4 rings (SSSR count). The number of ketones is 1. The molecular formula is C21H20N2O7. The highest BCUT2D eigenvalue weighted by Crippen LogP contribution is 2.38. The first kappa shape index (κ1) is 19.6. The number of amides is 3. The minimum absolute atomic E-state index is 0.0960. The van der Waals surface area contributed by atoms with E-state index in [1.165, 1.54) is 20.3 Å². The van der Waals surface area contributed by atoms with E-state index in [0.717, 1.165) is 4.90 Å². The van der Waals surface area contributed by atoms with Gasteiger partial charge in [0.2, 0.25) is 6.79 Å². The maximum Gasteiger partial charge on any atom is 0.325 e. The van der Waals surface area contributed by atoms with Crippen LogP contribution in [0.4, 0.5) is 4.79 Å². The second-order valence-electron chi connectivity index (χ2n) is 7.00. The molecule has 9 nitrogen and oxygen atoms in total. The molecule has 2 heterocycles. The first-order valence-corrected chi connectivity index (χ1v) is 9.17. The number of nitrogens with one attached hydrogen (secondary N) is 1. The Labute approximate surface area is 172 Å². The summed E-state index contributed by atoms with van der Waals surface area (Å²) < 4.78 is 21.0. The number of benzene rings is 2. The van der Waals surface area contributed by atoms with E-state index in [-0.39, 0.29) is 12.4 Å². The van der Waals surface area contributed by atoms with Crippen molar-refractivity contribution in [3.8, 4) is 23.0 Å². The fraction of sp³-hybridized carbons (Fsp3) is 0.286. The average molecular weight is 412 g/mol. The Balaban J connectivity index is 1.60. The molecule has 2 aromatic rings. The molecule has 1 atom stereocenters. The van der Waals surface area contributed by atoms with Crippen molar-refractivity contribution in [3.63, 3.8) is 0 Å². The van der Waals surface area contributed by atoms with Crippen LogP contribution in [0.5, 0.6) is 23.0 Å². The number of urea groups is 1. The van der Waals surface area contributed by atoms with E-state index in [9.17, 15) is 14.4 Å². The standard InChI is InChI=1S/C21H20N2O7/c1-21(12-4-6-17-18(8-12)30-11-29-17)19(25)23(20(26)22-21)10-15(24)14-9-13(27-2)5-7-16(14)28-3/h4-9H,10-11H2,1-3H3,(H,22,26)/t21-/m0/s1. The molecule has 2 aromatic carbocycles. The number of Topliss-reactive ketones (excluding diaryl/α,β-unsaturated/α-hetero) is 1. The van der Waals surface area contributed by atoms with Gasteiger partial charge in [-0.25, -0.2) is 4.79 Å². The molecule has 1 fully saturated rings. The lowest BCUT2D eigenvalue weighted by Gasteiger charge is -2.22. The predicted octanol–water partition coefficient (Wildman–Crippen LogP) is 2.08. The Morgan fingerprint density at radius 2 is 1.87 bits per heavy atom. The molecule has 0 spiro atoms. The summed E-state index contributed by atoms with van der Waals surface area (Å²) in [5, 5.41) is 2.68. The summed E-state index contributed by atoms with van der Waals surface area (Å²) in [6.07, 6.45) is 0. The minimum atomic E-state index is -1.34. The summed E-state index contributed by atoms with van der Waals surface area (Å²) in [6.45, 7) is 1.24. The van der Waals surface area contributed by atoms with Crippen molar-refractivity contribution in [2.24, 2.45) is 0 Å². The van der Waals surface area contributed by atoms with Gasteiger partial charge in [0.1, 0.15) is 17.0 Å². The second-order valence-corrected chi connectivity index (χ2v) is 7.00. The van der Waals surface area contributed by atoms with Crippen molar-refractivity contribution in [3.05, 3.63) is 47.5 Å². The van der Waals surface area contributed by atoms with Crippen molar-refractivity contribution in [2.45, 2.75) is 12.5 Å². The molecular weight excluding hydrogens is 392 g/mol. The lowest BCUT2D eigenvalue weighted by molar-refractivity contribution is -0.130. The summed E-state index contributed by atoms with van der Waals surface area (Å²) in [4.78, 5) is 39.5. The second kappa shape index (κ2) is 7.25. The highest BCUT2D eigenvalue weighted by atomic mass is 16.7. The molecule has 0 saturated carbocycles. The molecule has 1 saturated heterocycles. The maximum absolute atomic E-state index is 13.1. The number of fused-ring (bicyclic) bond motifs is 1. The van der Waals surface area contributed by atoms with Crippen molar-refractivity contribution in [1.82, 2.24) is 10.2 Å². The van der Waals surface area contributed by atoms with Gasteiger partial charge in [-0.15, -0.1) is 0 Å². The monoisotopic (exact) mass is 412 g/mol. The zero-order valence-corrected chi connectivity index (χ0v) is 16.7. The first-order chi connectivity index (χ1) is 14.4. The number of carbonyl (C=O) groups excluding carboxylic acids is 3. The van der Waals surface area contributed by atoms with Crippen LogP contribution in [0.15, 0.2) is 36.4 Å². The van der Waals surface area contributed by atoms with Gasteiger partial charge in [0.25, 0.3) is 5.91 Å². The predicted molar refractivity (Wildman–Crippen MR) is 104 cm³/mol. The van der Waals surface area contributed by atoms with Crippen LogP contribution in [0.3, 0.4) is 0 Å². The van der Waals surface area contributed by atoms with Crippen LogP contribution in [-0.4, -0.2) is 50.2 Å². The number of hydrogen-bond acceptors (Lipinski definition) is 7. The smallest absolute Gasteiger partial charge is 0.325 e. The molecule has 156 valence electrons. The molecule has 2 aliphatic heterocycles. The van der Waals surface area contributed by atoms with E-state index in [0.29, 0.717) is 28.6 Å². The molecule has 0 bridgehead atoms. The van der Waals surface area contributed by atoms with Crippen LogP contribution < -0.4 is 24.3 Å². The molecule has 30 heavy (non-hydrogen) atoms. The number of methoxy groups -OCH3 is 2. The largest absolute Gasteiger partial charge is 0.497 e. The van der Waals surface area contributed by atoms with Gasteiger partial charge in [0.05, 0.1) is 26.3 Å². The third-order valence-electron chi connectivity index (χ3n) is 5.23. The fourth-order valence-electron chi connectivity index (χ4n) is 3.50. The van der Waals surface area contributed by atoms with Crippen molar-refractivity contribution >= 4 is 17.7 Å².